The highest BCUT2D eigenvalue weighted by Crippen LogP contribution is 2.16. The number of carbonyl (C=O) groups excluding carboxylic acids is 1. The van der Waals surface area contributed by atoms with Crippen LogP contribution in [0.4, 0.5) is 5.82 Å². The lowest BCUT2D eigenvalue weighted by molar-refractivity contribution is 0.0946. The fourth-order valence-electron chi connectivity index (χ4n) is 1.67. The molecule has 0 spiro atoms. The molecule has 0 saturated carbocycles. The van der Waals surface area contributed by atoms with Crippen molar-refractivity contribution in [3.8, 4) is 0 Å². The van der Waals surface area contributed by atoms with Crippen LogP contribution in [0.25, 0.3) is 0 Å². The number of rotatable bonds is 4. The van der Waals surface area contributed by atoms with Gasteiger partial charge in [0.05, 0.1) is 6.54 Å². The third kappa shape index (κ3) is 3.31. The van der Waals surface area contributed by atoms with Crippen molar-refractivity contribution in [2.45, 2.75) is 33.2 Å². The summed E-state index contributed by atoms with van der Waals surface area (Å²) in [4.78, 5) is 20.3. The Balaban J connectivity index is 2.09. The van der Waals surface area contributed by atoms with Gasteiger partial charge in [-0.3, -0.25) is 4.79 Å². The van der Waals surface area contributed by atoms with Crippen molar-refractivity contribution in [2.75, 3.05) is 5.73 Å². The van der Waals surface area contributed by atoms with Gasteiger partial charge in [0, 0.05) is 11.3 Å². The van der Waals surface area contributed by atoms with Gasteiger partial charge in [0.25, 0.3) is 5.91 Å². The first-order valence-electron chi connectivity index (χ1n) is 6.30. The zero-order valence-corrected chi connectivity index (χ0v) is 11.7. The van der Waals surface area contributed by atoms with Gasteiger partial charge in [0.15, 0.2) is 5.82 Å². The van der Waals surface area contributed by atoms with Crippen molar-refractivity contribution in [3.63, 3.8) is 0 Å². The number of hydrogen-bond donors (Lipinski definition) is 2. The van der Waals surface area contributed by atoms with Gasteiger partial charge in [-0.05, 0) is 25.0 Å². The first-order chi connectivity index (χ1) is 9.45. The maximum atomic E-state index is 12.1. The Morgan fingerprint density at radius 3 is 2.75 bits per heavy atom. The molecule has 2 aromatic rings. The van der Waals surface area contributed by atoms with E-state index in [1.54, 1.807) is 19.1 Å². The summed E-state index contributed by atoms with van der Waals surface area (Å²) in [6.07, 6.45) is 0. The molecule has 2 aromatic heterocycles. The highest BCUT2D eigenvalue weighted by atomic mass is 16.5. The van der Waals surface area contributed by atoms with Crippen LogP contribution in [-0.4, -0.2) is 21.0 Å². The molecule has 2 heterocycles. The van der Waals surface area contributed by atoms with Crippen molar-refractivity contribution >= 4 is 11.7 Å². The van der Waals surface area contributed by atoms with Gasteiger partial charge in [-0.2, -0.15) is 4.98 Å². The molecule has 0 atom stereocenters. The zero-order chi connectivity index (χ0) is 14.7. The molecule has 2 rings (SSSR count). The molecule has 0 unspecified atom stereocenters. The second-order valence-electron chi connectivity index (χ2n) is 4.78. The molecule has 0 saturated heterocycles. The average molecular weight is 275 g/mol. The Morgan fingerprint density at radius 2 is 2.15 bits per heavy atom. The molecule has 0 aliphatic rings. The third-order valence-corrected chi connectivity index (χ3v) is 2.69. The minimum atomic E-state index is -0.253. The zero-order valence-electron chi connectivity index (χ0n) is 11.7. The van der Waals surface area contributed by atoms with Gasteiger partial charge >= 0.3 is 0 Å². The van der Waals surface area contributed by atoms with Crippen LogP contribution in [-0.2, 0) is 6.54 Å². The maximum Gasteiger partial charge on any atom is 0.251 e. The number of carbonyl (C=O) groups is 1. The van der Waals surface area contributed by atoms with E-state index in [1.165, 1.54) is 0 Å². The van der Waals surface area contributed by atoms with E-state index in [1.807, 2.05) is 13.8 Å². The molecule has 0 aliphatic heterocycles. The van der Waals surface area contributed by atoms with E-state index >= 15 is 0 Å². The molecule has 0 aromatic carbocycles. The van der Waals surface area contributed by atoms with Gasteiger partial charge in [-0.15, -0.1) is 0 Å². The number of anilines is 1. The number of nitrogen functional groups attached to an aromatic ring is 1. The Bertz CT molecular complexity index is 621. The summed E-state index contributed by atoms with van der Waals surface area (Å²) < 4.78 is 4.92. The molecule has 7 nitrogen and oxygen atoms in total. The second-order valence-corrected chi connectivity index (χ2v) is 4.78. The topological polar surface area (TPSA) is 107 Å². The minimum absolute atomic E-state index is 0.179. The molecule has 3 N–H and O–H groups in total. The second kappa shape index (κ2) is 5.68. The average Bonchev–Trinajstić information content (AvgIpc) is 2.81. The molecule has 0 radical (unpaired) electrons. The predicted octanol–water partition coefficient (Wildman–Crippen LogP) is 1.41. The lowest BCUT2D eigenvalue weighted by atomic mass is 10.1. The van der Waals surface area contributed by atoms with E-state index in [2.05, 4.69) is 20.4 Å². The van der Waals surface area contributed by atoms with E-state index < -0.39 is 0 Å². The van der Waals surface area contributed by atoms with Gasteiger partial charge in [-0.25, -0.2) is 4.98 Å². The summed E-state index contributed by atoms with van der Waals surface area (Å²) in [5.74, 6) is 1.17. The number of aryl methyl sites for hydroxylation is 1. The van der Waals surface area contributed by atoms with Crippen LogP contribution in [0.15, 0.2) is 16.7 Å². The van der Waals surface area contributed by atoms with E-state index in [0.717, 1.165) is 5.69 Å². The summed E-state index contributed by atoms with van der Waals surface area (Å²) >= 11 is 0. The van der Waals surface area contributed by atoms with Crippen molar-refractivity contribution < 1.29 is 9.32 Å². The van der Waals surface area contributed by atoms with Gasteiger partial charge in [0.1, 0.15) is 5.82 Å². The summed E-state index contributed by atoms with van der Waals surface area (Å²) in [6.45, 7) is 5.88. The SMILES string of the molecule is Cc1noc(CNC(=O)c2cc(N)nc(C(C)C)c2)n1. The van der Waals surface area contributed by atoms with E-state index in [4.69, 9.17) is 10.3 Å². The monoisotopic (exact) mass is 275 g/mol. The lowest BCUT2D eigenvalue weighted by Gasteiger charge is -2.09. The van der Waals surface area contributed by atoms with Crippen molar-refractivity contribution in [2.24, 2.45) is 0 Å². The molecular weight excluding hydrogens is 258 g/mol. The van der Waals surface area contributed by atoms with Crippen LogP contribution in [0, 0.1) is 6.92 Å². The normalized spacial score (nSPS) is 10.8. The summed E-state index contributed by atoms with van der Waals surface area (Å²) in [6, 6.07) is 3.27. The first kappa shape index (κ1) is 14.0. The first-order valence-corrected chi connectivity index (χ1v) is 6.30. The van der Waals surface area contributed by atoms with Crippen LogP contribution >= 0.6 is 0 Å². The number of nitrogens with zero attached hydrogens (tertiary/aromatic N) is 3. The van der Waals surface area contributed by atoms with Crippen molar-refractivity contribution in [1.29, 1.82) is 0 Å². The number of nitrogens with one attached hydrogen (secondary N) is 1. The largest absolute Gasteiger partial charge is 0.384 e. The van der Waals surface area contributed by atoms with Crippen molar-refractivity contribution in [1.82, 2.24) is 20.4 Å². The Morgan fingerprint density at radius 1 is 1.40 bits per heavy atom. The number of amides is 1. The predicted molar refractivity (Wildman–Crippen MR) is 72.9 cm³/mol. The number of pyridine rings is 1. The number of hydrogen-bond acceptors (Lipinski definition) is 6. The van der Waals surface area contributed by atoms with Crippen LogP contribution in [0.1, 0.15) is 47.5 Å². The number of aromatic nitrogens is 3. The quantitative estimate of drug-likeness (QED) is 0.873. The highest BCUT2D eigenvalue weighted by Gasteiger charge is 2.12. The Kier molecular flexibility index (Phi) is 3.97. The molecule has 0 bridgehead atoms. The van der Waals surface area contributed by atoms with Crippen molar-refractivity contribution in [3.05, 3.63) is 35.1 Å². The fourth-order valence-corrected chi connectivity index (χ4v) is 1.67. The molecule has 0 aliphatic carbocycles. The molecule has 106 valence electrons. The lowest BCUT2D eigenvalue weighted by Crippen LogP contribution is -2.23. The molecule has 1 amide bonds. The molecule has 7 heteroatoms. The Labute approximate surface area is 116 Å². The standard InChI is InChI=1S/C13H17N5O2/c1-7(2)10-4-9(5-11(14)17-10)13(19)15-6-12-16-8(3)18-20-12/h4-5,7H,6H2,1-3H3,(H2,14,17)(H,15,19). The summed E-state index contributed by atoms with van der Waals surface area (Å²) in [5.41, 5.74) is 6.96. The van der Waals surface area contributed by atoms with Crippen LogP contribution in [0.3, 0.4) is 0 Å². The fraction of sp³-hybridized carbons (Fsp3) is 0.385. The van der Waals surface area contributed by atoms with Gasteiger partial charge in [0.2, 0.25) is 5.89 Å². The minimum Gasteiger partial charge on any atom is -0.384 e. The van der Waals surface area contributed by atoms with E-state index in [-0.39, 0.29) is 18.4 Å². The van der Waals surface area contributed by atoms with Crippen LogP contribution in [0.2, 0.25) is 0 Å². The van der Waals surface area contributed by atoms with Crippen LogP contribution < -0.4 is 11.1 Å². The van der Waals surface area contributed by atoms with E-state index in [0.29, 0.717) is 23.1 Å². The smallest absolute Gasteiger partial charge is 0.251 e. The Hall–Kier alpha value is -2.44. The molecular formula is C13H17N5O2. The van der Waals surface area contributed by atoms with Gasteiger partial charge < -0.3 is 15.6 Å². The third-order valence-electron chi connectivity index (χ3n) is 2.69. The molecule has 20 heavy (non-hydrogen) atoms. The molecule has 0 fully saturated rings. The summed E-state index contributed by atoms with van der Waals surface area (Å²) in [7, 11) is 0. The number of nitrogens with two attached hydrogens (primary N) is 1. The maximum absolute atomic E-state index is 12.1. The summed E-state index contributed by atoms with van der Waals surface area (Å²) in [5, 5.41) is 6.35. The highest BCUT2D eigenvalue weighted by molar-refractivity contribution is 5.94. The van der Waals surface area contributed by atoms with Gasteiger partial charge in [-0.1, -0.05) is 19.0 Å². The van der Waals surface area contributed by atoms with Crippen LogP contribution in [0.5, 0.6) is 0 Å². The van der Waals surface area contributed by atoms with E-state index in [9.17, 15) is 4.79 Å².